The summed E-state index contributed by atoms with van der Waals surface area (Å²) in [5.74, 6) is 1.46. The van der Waals surface area contributed by atoms with Gasteiger partial charge in [-0.05, 0) is 12.1 Å². The molecule has 18 heavy (non-hydrogen) atoms. The summed E-state index contributed by atoms with van der Waals surface area (Å²) in [6, 6.07) is 8.25. The maximum Gasteiger partial charge on any atom is 0.133 e. The second-order valence-electron chi connectivity index (χ2n) is 4.41. The van der Waals surface area contributed by atoms with Crippen molar-refractivity contribution >= 4 is 5.82 Å². The highest BCUT2D eigenvalue weighted by atomic mass is 19.1. The molecule has 0 aliphatic carbocycles. The molecule has 0 unspecified atom stereocenters. The Kier molecular flexibility index (Phi) is 3.55. The molecule has 0 aliphatic heterocycles. The molecule has 0 radical (unpaired) electrons. The Hall–Kier alpha value is -1.97. The second kappa shape index (κ2) is 5.12. The van der Waals surface area contributed by atoms with Gasteiger partial charge in [-0.2, -0.15) is 0 Å². The van der Waals surface area contributed by atoms with Crippen LogP contribution < -0.4 is 5.32 Å². The van der Waals surface area contributed by atoms with Crippen molar-refractivity contribution in [3.8, 4) is 11.3 Å². The van der Waals surface area contributed by atoms with Crippen LogP contribution in [0.25, 0.3) is 11.3 Å². The van der Waals surface area contributed by atoms with Crippen LogP contribution in [0.2, 0.25) is 0 Å². The van der Waals surface area contributed by atoms with Crippen LogP contribution in [0.5, 0.6) is 0 Å². The predicted molar refractivity (Wildman–Crippen MR) is 71.1 cm³/mol. The fraction of sp³-hybridized carbons (Fsp3) is 0.286. The first-order valence-electron chi connectivity index (χ1n) is 5.93. The average Bonchev–Trinajstić information content (AvgIpc) is 2.38. The highest BCUT2D eigenvalue weighted by Gasteiger charge is 2.09. The summed E-state index contributed by atoms with van der Waals surface area (Å²) < 4.78 is 13.2. The number of hydrogen-bond acceptors (Lipinski definition) is 3. The minimum absolute atomic E-state index is 0.227. The number of benzene rings is 1. The quantitative estimate of drug-likeness (QED) is 0.900. The van der Waals surface area contributed by atoms with Gasteiger partial charge in [0.1, 0.15) is 17.5 Å². The molecule has 2 aromatic rings. The smallest absolute Gasteiger partial charge is 0.133 e. The normalized spacial score (nSPS) is 10.7. The maximum absolute atomic E-state index is 13.2. The van der Waals surface area contributed by atoms with Crippen LogP contribution in [0, 0.1) is 5.82 Å². The van der Waals surface area contributed by atoms with Crippen molar-refractivity contribution in [1.82, 2.24) is 9.97 Å². The molecule has 0 atom stereocenters. The molecule has 0 spiro atoms. The second-order valence-corrected chi connectivity index (χ2v) is 4.41. The molecule has 0 saturated carbocycles. The lowest BCUT2D eigenvalue weighted by molar-refractivity contribution is 0.628. The van der Waals surface area contributed by atoms with Crippen LogP contribution in [-0.4, -0.2) is 17.0 Å². The third-order valence-corrected chi connectivity index (χ3v) is 2.64. The van der Waals surface area contributed by atoms with Crippen molar-refractivity contribution in [2.45, 2.75) is 19.8 Å². The van der Waals surface area contributed by atoms with E-state index in [0.717, 1.165) is 22.9 Å². The van der Waals surface area contributed by atoms with Crippen molar-refractivity contribution < 1.29 is 4.39 Å². The molecule has 94 valence electrons. The minimum atomic E-state index is -0.261. The number of nitrogens with one attached hydrogen (secondary N) is 1. The standard InChI is InChI=1S/C14H16FN3/c1-9(2)14-17-12(8-13(16-3)18-14)10-5-4-6-11(15)7-10/h4-9H,1-3H3,(H,16,17,18). The number of anilines is 1. The molecule has 4 heteroatoms. The Morgan fingerprint density at radius 3 is 2.56 bits per heavy atom. The van der Waals surface area contributed by atoms with Gasteiger partial charge in [0.15, 0.2) is 0 Å². The third kappa shape index (κ3) is 2.64. The van der Waals surface area contributed by atoms with Crippen LogP contribution >= 0.6 is 0 Å². The van der Waals surface area contributed by atoms with Gasteiger partial charge in [-0.1, -0.05) is 26.0 Å². The van der Waals surface area contributed by atoms with E-state index < -0.39 is 0 Å². The van der Waals surface area contributed by atoms with Gasteiger partial charge in [-0.3, -0.25) is 0 Å². The SMILES string of the molecule is CNc1cc(-c2cccc(F)c2)nc(C(C)C)n1. The Balaban J connectivity index is 2.53. The van der Waals surface area contributed by atoms with Gasteiger partial charge in [-0.15, -0.1) is 0 Å². The number of halogens is 1. The minimum Gasteiger partial charge on any atom is -0.373 e. The van der Waals surface area contributed by atoms with E-state index >= 15 is 0 Å². The third-order valence-electron chi connectivity index (χ3n) is 2.64. The Labute approximate surface area is 106 Å². The van der Waals surface area contributed by atoms with Crippen LogP contribution in [0.1, 0.15) is 25.6 Å². The van der Waals surface area contributed by atoms with Gasteiger partial charge in [0.2, 0.25) is 0 Å². The first-order valence-corrected chi connectivity index (χ1v) is 5.93. The lowest BCUT2D eigenvalue weighted by Gasteiger charge is -2.10. The molecule has 0 bridgehead atoms. The van der Waals surface area contributed by atoms with E-state index in [1.807, 2.05) is 33.0 Å². The van der Waals surface area contributed by atoms with Gasteiger partial charge in [0.25, 0.3) is 0 Å². The Morgan fingerprint density at radius 2 is 1.94 bits per heavy atom. The van der Waals surface area contributed by atoms with E-state index in [9.17, 15) is 4.39 Å². The number of hydrogen-bond donors (Lipinski definition) is 1. The lowest BCUT2D eigenvalue weighted by Crippen LogP contribution is -2.03. The van der Waals surface area contributed by atoms with Crippen LogP contribution in [0.3, 0.4) is 0 Å². The van der Waals surface area contributed by atoms with E-state index in [1.165, 1.54) is 12.1 Å². The van der Waals surface area contributed by atoms with Gasteiger partial charge < -0.3 is 5.32 Å². The molecular weight excluding hydrogens is 229 g/mol. The summed E-state index contributed by atoms with van der Waals surface area (Å²) in [4.78, 5) is 8.86. The topological polar surface area (TPSA) is 37.8 Å². The van der Waals surface area contributed by atoms with E-state index in [4.69, 9.17) is 0 Å². The van der Waals surface area contributed by atoms with Crippen molar-refractivity contribution in [3.05, 3.63) is 42.0 Å². The van der Waals surface area contributed by atoms with Gasteiger partial charge in [0.05, 0.1) is 5.69 Å². The summed E-state index contributed by atoms with van der Waals surface area (Å²) in [6.07, 6.45) is 0. The summed E-state index contributed by atoms with van der Waals surface area (Å²) in [5, 5.41) is 3.00. The fourth-order valence-electron chi connectivity index (χ4n) is 1.65. The molecule has 3 nitrogen and oxygen atoms in total. The van der Waals surface area contributed by atoms with Crippen LogP contribution in [-0.2, 0) is 0 Å². The highest BCUT2D eigenvalue weighted by molar-refractivity contribution is 5.62. The van der Waals surface area contributed by atoms with Crippen LogP contribution in [0.15, 0.2) is 30.3 Å². The molecule has 1 N–H and O–H groups in total. The van der Waals surface area contributed by atoms with Crippen molar-refractivity contribution in [2.24, 2.45) is 0 Å². The summed E-state index contributed by atoms with van der Waals surface area (Å²) in [7, 11) is 1.81. The zero-order chi connectivity index (χ0) is 13.1. The van der Waals surface area contributed by atoms with Crippen molar-refractivity contribution in [1.29, 1.82) is 0 Å². The lowest BCUT2D eigenvalue weighted by atomic mass is 10.1. The maximum atomic E-state index is 13.2. The monoisotopic (exact) mass is 245 g/mol. The zero-order valence-corrected chi connectivity index (χ0v) is 10.7. The molecule has 2 rings (SSSR count). The number of aromatic nitrogens is 2. The summed E-state index contributed by atoms with van der Waals surface area (Å²) in [6.45, 7) is 4.06. The van der Waals surface area contributed by atoms with Crippen LogP contribution in [0.4, 0.5) is 10.2 Å². The average molecular weight is 245 g/mol. The summed E-state index contributed by atoms with van der Waals surface area (Å²) >= 11 is 0. The molecule has 1 heterocycles. The summed E-state index contributed by atoms with van der Waals surface area (Å²) in [5.41, 5.74) is 1.49. The first-order chi connectivity index (χ1) is 8.60. The zero-order valence-electron chi connectivity index (χ0n) is 10.7. The van der Waals surface area contributed by atoms with E-state index in [1.54, 1.807) is 6.07 Å². The molecule has 0 saturated heterocycles. The predicted octanol–water partition coefficient (Wildman–Crippen LogP) is 3.45. The van der Waals surface area contributed by atoms with E-state index in [-0.39, 0.29) is 11.7 Å². The van der Waals surface area contributed by atoms with Gasteiger partial charge >= 0.3 is 0 Å². The number of rotatable bonds is 3. The van der Waals surface area contributed by atoms with Crippen molar-refractivity contribution in [3.63, 3.8) is 0 Å². The molecule has 0 amide bonds. The molecule has 0 aliphatic rings. The fourth-order valence-corrected chi connectivity index (χ4v) is 1.65. The highest BCUT2D eigenvalue weighted by Crippen LogP contribution is 2.22. The largest absolute Gasteiger partial charge is 0.373 e. The Morgan fingerprint density at radius 1 is 1.17 bits per heavy atom. The molecule has 0 fully saturated rings. The number of nitrogens with zero attached hydrogens (tertiary/aromatic N) is 2. The molecular formula is C14H16FN3. The van der Waals surface area contributed by atoms with Gasteiger partial charge in [-0.25, -0.2) is 14.4 Å². The van der Waals surface area contributed by atoms with E-state index in [0.29, 0.717) is 0 Å². The molecule has 1 aromatic heterocycles. The first kappa shape index (κ1) is 12.5. The van der Waals surface area contributed by atoms with Gasteiger partial charge in [0, 0.05) is 24.6 Å². The van der Waals surface area contributed by atoms with Crippen molar-refractivity contribution in [2.75, 3.05) is 12.4 Å². The molecule has 1 aromatic carbocycles. The van der Waals surface area contributed by atoms with E-state index in [2.05, 4.69) is 15.3 Å². The Bertz CT molecular complexity index is 552.